The van der Waals surface area contributed by atoms with Crippen molar-refractivity contribution in [1.29, 1.82) is 0 Å². The van der Waals surface area contributed by atoms with Crippen molar-refractivity contribution in [3.8, 4) is 0 Å². The van der Waals surface area contributed by atoms with Crippen LogP contribution in [0.3, 0.4) is 0 Å². The van der Waals surface area contributed by atoms with Crippen molar-refractivity contribution in [2.24, 2.45) is 0 Å². The Bertz CT molecular complexity index is 760. The summed E-state index contributed by atoms with van der Waals surface area (Å²) in [6.45, 7) is 1.67. The number of aryl methyl sites for hydroxylation is 1. The van der Waals surface area contributed by atoms with Crippen molar-refractivity contribution >= 4 is 27.1 Å². The molecule has 0 unspecified atom stereocenters. The van der Waals surface area contributed by atoms with E-state index < -0.39 is 9.84 Å². The highest BCUT2D eigenvalue weighted by molar-refractivity contribution is 7.90. The van der Waals surface area contributed by atoms with E-state index in [0.29, 0.717) is 16.8 Å². The fraction of sp³-hybridized carbons (Fsp3) is 0.143. The lowest BCUT2D eigenvalue weighted by Crippen LogP contribution is -2.06. The number of benzene rings is 2. The maximum absolute atomic E-state index is 13.0. The average molecular weight is 314 g/mol. The van der Waals surface area contributed by atoms with Gasteiger partial charge in [-0.25, -0.2) is 12.8 Å². The van der Waals surface area contributed by atoms with Crippen molar-refractivity contribution in [3.63, 3.8) is 0 Å². The standard InChI is InChI=1S/C14H13ClFNO2S/c1-9-6-11(16)3-2-10(9)8-20(18,19)12-4-5-14(17)13(15)7-12/h2-7H,8,17H2,1H3. The van der Waals surface area contributed by atoms with Gasteiger partial charge in [0.05, 0.1) is 21.4 Å². The second-order valence-corrected chi connectivity index (χ2v) is 6.91. The average Bonchev–Trinajstić information content (AvgIpc) is 2.36. The molecule has 0 radical (unpaired) electrons. The van der Waals surface area contributed by atoms with Gasteiger partial charge in [-0.15, -0.1) is 0 Å². The van der Waals surface area contributed by atoms with Crippen LogP contribution in [0.25, 0.3) is 0 Å². The Hall–Kier alpha value is -1.59. The number of sulfone groups is 1. The quantitative estimate of drug-likeness (QED) is 0.884. The molecule has 20 heavy (non-hydrogen) atoms. The van der Waals surface area contributed by atoms with Crippen LogP contribution in [0.2, 0.25) is 5.02 Å². The first-order valence-electron chi connectivity index (χ1n) is 5.82. The van der Waals surface area contributed by atoms with Gasteiger partial charge < -0.3 is 5.73 Å². The monoisotopic (exact) mass is 313 g/mol. The number of hydrogen-bond donors (Lipinski definition) is 1. The smallest absolute Gasteiger partial charge is 0.182 e. The van der Waals surface area contributed by atoms with Crippen LogP contribution < -0.4 is 5.73 Å². The Labute approximate surface area is 122 Å². The summed E-state index contributed by atoms with van der Waals surface area (Å²) in [6.07, 6.45) is 0. The Balaban J connectivity index is 2.38. The summed E-state index contributed by atoms with van der Waals surface area (Å²) in [7, 11) is -3.55. The molecule has 106 valence electrons. The van der Waals surface area contributed by atoms with E-state index in [1.165, 1.54) is 36.4 Å². The van der Waals surface area contributed by atoms with Gasteiger partial charge in [-0.05, 0) is 48.4 Å². The van der Waals surface area contributed by atoms with Gasteiger partial charge in [0.15, 0.2) is 9.84 Å². The van der Waals surface area contributed by atoms with E-state index in [-0.39, 0.29) is 21.5 Å². The lowest BCUT2D eigenvalue weighted by molar-refractivity contribution is 0.594. The summed E-state index contributed by atoms with van der Waals surface area (Å²) in [6, 6.07) is 8.21. The summed E-state index contributed by atoms with van der Waals surface area (Å²) in [5, 5.41) is 0.196. The van der Waals surface area contributed by atoms with Crippen LogP contribution in [-0.2, 0) is 15.6 Å². The number of rotatable bonds is 3. The Morgan fingerprint density at radius 3 is 2.50 bits per heavy atom. The third kappa shape index (κ3) is 3.11. The van der Waals surface area contributed by atoms with Crippen molar-refractivity contribution < 1.29 is 12.8 Å². The maximum Gasteiger partial charge on any atom is 0.182 e. The van der Waals surface area contributed by atoms with Crippen LogP contribution in [0, 0.1) is 12.7 Å². The first kappa shape index (κ1) is 14.8. The van der Waals surface area contributed by atoms with Crippen LogP contribution >= 0.6 is 11.6 Å². The molecule has 0 aromatic heterocycles. The largest absolute Gasteiger partial charge is 0.398 e. The van der Waals surface area contributed by atoms with E-state index in [1.54, 1.807) is 6.92 Å². The predicted molar refractivity (Wildman–Crippen MR) is 77.9 cm³/mol. The zero-order valence-electron chi connectivity index (χ0n) is 10.7. The van der Waals surface area contributed by atoms with E-state index in [4.69, 9.17) is 17.3 Å². The molecular weight excluding hydrogens is 301 g/mol. The van der Waals surface area contributed by atoms with Gasteiger partial charge in [-0.1, -0.05) is 17.7 Å². The molecule has 0 aliphatic rings. The van der Waals surface area contributed by atoms with Crippen molar-refractivity contribution in [2.45, 2.75) is 17.6 Å². The molecule has 6 heteroatoms. The van der Waals surface area contributed by atoms with Crippen molar-refractivity contribution in [1.82, 2.24) is 0 Å². The molecule has 0 saturated carbocycles. The minimum Gasteiger partial charge on any atom is -0.398 e. The van der Waals surface area contributed by atoms with Crippen LogP contribution in [0.1, 0.15) is 11.1 Å². The van der Waals surface area contributed by atoms with E-state index in [9.17, 15) is 12.8 Å². The van der Waals surface area contributed by atoms with Gasteiger partial charge in [0.1, 0.15) is 5.82 Å². The summed E-state index contributed by atoms with van der Waals surface area (Å²) in [4.78, 5) is 0.0976. The molecule has 2 N–H and O–H groups in total. The predicted octanol–water partition coefficient (Wildman–Crippen LogP) is 3.34. The molecule has 0 aliphatic heterocycles. The Morgan fingerprint density at radius 1 is 1.20 bits per heavy atom. The van der Waals surface area contributed by atoms with E-state index in [1.807, 2.05) is 0 Å². The number of anilines is 1. The van der Waals surface area contributed by atoms with Crippen LogP contribution in [0.5, 0.6) is 0 Å². The van der Waals surface area contributed by atoms with Crippen LogP contribution in [0.4, 0.5) is 10.1 Å². The Morgan fingerprint density at radius 2 is 1.90 bits per heavy atom. The van der Waals surface area contributed by atoms with Crippen molar-refractivity contribution in [2.75, 3.05) is 5.73 Å². The zero-order valence-corrected chi connectivity index (χ0v) is 12.3. The molecule has 0 saturated heterocycles. The van der Waals surface area contributed by atoms with Gasteiger partial charge >= 0.3 is 0 Å². The third-order valence-electron chi connectivity index (χ3n) is 2.98. The molecule has 3 nitrogen and oxygen atoms in total. The van der Waals surface area contributed by atoms with E-state index in [2.05, 4.69) is 0 Å². The highest BCUT2D eigenvalue weighted by atomic mass is 35.5. The van der Waals surface area contributed by atoms with Gasteiger partial charge in [0.25, 0.3) is 0 Å². The SMILES string of the molecule is Cc1cc(F)ccc1CS(=O)(=O)c1ccc(N)c(Cl)c1. The van der Waals surface area contributed by atoms with Crippen molar-refractivity contribution in [3.05, 3.63) is 58.4 Å². The lowest BCUT2D eigenvalue weighted by atomic mass is 10.1. The molecular formula is C14H13ClFNO2S. The first-order chi connectivity index (χ1) is 9.29. The van der Waals surface area contributed by atoms with Gasteiger partial charge in [0.2, 0.25) is 0 Å². The lowest BCUT2D eigenvalue weighted by Gasteiger charge is -2.08. The second-order valence-electron chi connectivity index (χ2n) is 4.51. The molecule has 0 aliphatic carbocycles. The highest BCUT2D eigenvalue weighted by Gasteiger charge is 2.17. The molecule has 0 bridgehead atoms. The molecule has 0 fully saturated rings. The normalized spacial score (nSPS) is 11.6. The molecule has 0 amide bonds. The summed E-state index contributed by atoms with van der Waals surface area (Å²) >= 11 is 5.84. The van der Waals surface area contributed by atoms with Gasteiger partial charge in [-0.3, -0.25) is 0 Å². The van der Waals surface area contributed by atoms with Gasteiger partial charge in [-0.2, -0.15) is 0 Å². The zero-order chi connectivity index (χ0) is 14.9. The van der Waals surface area contributed by atoms with Crippen LogP contribution in [0.15, 0.2) is 41.3 Å². The highest BCUT2D eigenvalue weighted by Crippen LogP contribution is 2.25. The third-order valence-corrected chi connectivity index (χ3v) is 4.97. The molecule has 2 aromatic rings. The summed E-state index contributed by atoms with van der Waals surface area (Å²) < 4.78 is 37.6. The number of hydrogen-bond acceptors (Lipinski definition) is 3. The van der Waals surface area contributed by atoms with Gasteiger partial charge in [0, 0.05) is 0 Å². The van der Waals surface area contributed by atoms with E-state index >= 15 is 0 Å². The molecule has 0 heterocycles. The maximum atomic E-state index is 13.0. The number of nitrogens with two attached hydrogens (primary N) is 1. The fourth-order valence-corrected chi connectivity index (χ4v) is 3.53. The minimum atomic E-state index is -3.55. The molecule has 2 rings (SSSR count). The minimum absolute atomic E-state index is 0.0976. The summed E-state index contributed by atoms with van der Waals surface area (Å²) in [5.74, 6) is -0.599. The Kier molecular flexibility index (Phi) is 4.01. The fourth-order valence-electron chi connectivity index (χ4n) is 1.81. The first-order valence-corrected chi connectivity index (χ1v) is 7.85. The second kappa shape index (κ2) is 5.42. The number of halogens is 2. The van der Waals surface area contributed by atoms with E-state index in [0.717, 1.165) is 0 Å². The molecule has 0 spiro atoms. The topological polar surface area (TPSA) is 60.2 Å². The number of nitrogen functional groups attached to an aromatic ring is 1. The molecule has 2 aromatic carbocycles. The van der Waals surface area contributed by atoms with Crippen LogP contribution in [-0.4, -0.2) is 8.42 Å². The summed E-state index contributed by atoms with van der Waals surface area (Å²) in [5.41, 5.74) is 7.03. The molecule has 0 atom stereocenters.